The average molecular weight is 266 g/mol. The van der Waals surface area contributed by atoms with Gasteiger partial charge in [0.25, 0.3) is 0 Å². The van der Waals surface area contributed by atoms with Crippen LogP contribution in [0.2, 0.25) is 0 Å². The highest BCUT2D eigenvalue weighted by atomic mass is 35.5. The van der Waals surface area contributed by atoms with Gasteiger partial charge >= 0.3 is 0 Å². The fraction of sp³-hybridized carbons (Fsp3) is 0.222. The van der Waals surface area contributed by atoms with E-state index in [1.54, 1.807) is 18.2 Å². The molecule has 0 spiro atoms. The number of nitrogens with two attached hydrogens (primary N) is 1. The summed E-state index contributed by atoms with van der Waals surface area (Å²) in [6.45, 7) is -0.161. The number of nitrogens with one attached hydrogen (secondary N) is 1. The summed E-state index contributed by atoms with van der Waals surface area (Å²) in [6.07, 6.45) is 0. The number of hydrogen-bond acceptors (Lipinski definition) is 4. The molecule has 16 heavy (non-hydrogen) atoms. The normalized spacial score (nSPS) is 11.6. The summed E-state index contributed by atoms with van der Waals surface area (Å²) in [6, 6.07) is 4.30. The minimum atomic E-state index is -0.510. The molecule has 0 aliphatic carbocycles. The topological polar surface area (TPSA) is 95.2 Å². The number of rotatable bonds is 2. The van der Waals surface area contributed by atoms with Gasteiger partial charge in [-0.05, 0) is 12.1 Å². The number of H-pyrrole nitrogens is 1. The van der Waals surface area contributed by atoms with Crippen LogP contribution >= 0.6 is 24.8 Å². The van der Waals surface area contributed by atoms with E-state index in [4.69, 9.17) is 10.8 Å². The summed E-state index contributed by atoms with van der Waals surface area (Å²) in [5.74, 6) is 0.693. The van der Waals surface area contributed by atoms with E-state index in [-0.39, 0.29) is 37.2 Å². The van der Waals surface area contributed by atoms with Crippen LogP contribution in [0.25, 0.3) is 11.0 Å². The maximum atomic E-state index is 9.21. The van der Waals surface area contributed by atoms with Crippen LogP contribution in [-0.4, -0.2) is 26.8 Å². The van der Waals surface area contributed by atoms with E-state index in [9.17, 15) is 5.11 Å². The minimum absolute atomic E-state index is 0. The number of aliphatic hydroxyl groups is 1. The van der Waals surface area contributed by atoms with Gasteiger partial charge in [-0.25, -0.2) is 4.98 Å². The van der Waals surface area contributed by atoms with Crippen molar-refractivity contribution < 1.29 is 10.2 Å². The number of aromatic nitrogens is 2. The Labute approximate surface area is 105 Å². The summed E-state index contributed by atoms with van der Waals surface area (Å²) in [5, 5.41) is 18.0. The predicted octanol–water partition coefficient (Wildman–Crippen LogP) is 1.10. The summed E-state index contributed by atoms with van der Waals surface area (Å²) in [5.41, 5.74) is 7.03. The van der Waals surface area contributed by atoms with Gasteiger partial charge in [-0.2, -0.15) is 0 Å². The first-order valence-corrected chi connectivity index (χ1v) is 4.26. The van der Waals surface area contributed by atoms with Gasteiger partial charge in [0.1, 0.15) is 11.6 Å². The summed E-state index contributed by atoms with van der Waals surface area (Å²) in [7, 11) is 0. The van der Waals surface area contributed by atoms with E-state index in [2.05, 4.69) is 9.97 Å². The second-order valence-electron chi connectivity index (χ2n) is 3.11. The molecular formula is C9H13Cl2N3O2. The highest BCUT2D eigenvalue weighted by molar-refractivity contribution is 5.85. The zero-order valence-corrected chi connectivity index (χ0v) is 9.88. The molecule has 0 fully saturated rings. The molecule has 0 bridgehead atoms. The molecule has 0 radical (unpaired) electrons. The first kappa shape index (κ1) is 15.0. The highest BCUT2D eigenvalue weighted by Gasteiger charge is 2.09. The summed E-state index contributed by atoms with van der Waals surface area (Å²) in [4.78, 5) is 7.10. The molecule has 0 amide bonds. The zero-order chi connectivity index (χ0) is 10.1. The van der Waals surface area contributed by atoms with Crippen molar-refractivity contribution in [2.45, 2.75) is 6.04 Å². The van der Waals surface area contributed by atoms with Gasteiger partial charge in [0, 0.05) is 6.07 Å². The average Bonchev–Trinajstić information content (AvgIpc) is 2.59. The fourth-order valence-electron chi connectivity index (χ4n) is 1.28. The van der Waals surface area contributed by atoms with Crippen molar-refractivity contribution in [1.29, 1.82) is 0 Å². The van der Waals surface area contributed by atoms with E-state index in [0.29, 0.717) is 11.3 Å². The van der Waals surface area contributed by atoms with Gasteiger partial charge in [-0.3, -0.25) is 0 Å². The van der Waals surface area contributed by atoms with Crippen LogP contribution in [0.3, 0.4) is 0 Å². The van der Waals surface area contributed by atoms with Crippen molar-refractivity contribution in [2.24, 2.45) is 5.73 Å². The van der Waals surface area contributed by atoms with Crippen LogP contribution in [0.4, 0.5) is 0 Å². The van der Waals surface area contributed by atoms with Crippen LogP contribution < -0.4 is 5.73 Å². The SMILES string of the molecule is Cl.Cl.NC(CO)c1nc2ccc(O)cc2[nH]1. The van der Waals surface area contributed by atoms with E-state index in [1.165, 1.54) is 0 Å². The molecule has 1 atom stereocenters. The Hall–Kier alpha value is -1.01. The molecule has 5 N–H and O–H groups in total. The first-order chi connectivity index (χ1) is 6.70. The van der Waals surface area contributed by atoms with Gasteiger partial charge in [-0.1, -0.05) is 0 Å². The predicted molar refractivity (Wildman–Crippen MR) is 66.3 cm³/mol. The Morgan fingerprint density at radius 1 is 1.38 bits per heavy atom. The molecule has 5 nitrogen and oxygen atoms in total. The Balaban J connectivity index is 0.00000112. The van der Waals surface area contributed by atoms with Crippen LogP contribution in [0.1, 0.15) is 11.9 Å². The maximum Gasteiger partial charge on any atom is 0.126 e. The number of phenolic OH excluding ortho intramolecular Hbond substituents is 1. The quantitative estimate of drug-likeness (QED) is 0.654. The molecule has 90 valence electrons. The third kappa shape index (κ3) is 2.76. The Kier molecular flexibility index (Phi) is 5.53. The Morgan fingerprint density at radius 3 is 2.69 bits per heavy atom. The van der Waals surface area contributed by atoms with Gasteiger partial charge in [0.05, 0.1) is 23.7 Å². The Morgan fingerprint density at radius 2 is 2.06 bits per heavy atom. The number of benzene rings is 1. The van der Waals surface area contributed by atoms with Crippen molar-refractivity contribution in [1.82, 2.24) is 9.97 Å². The van der Waals surface area contributed by atoms with Crippen molar-refractivity contribution in [3.63, 3.8) is 0 Å². The molecule has 0 aliphatic rings. The number of fused-ring (bicyclic) bond motifs is 1. The molecule has 1 heterocycles. The van der Waals surface area contributed by atoms with Crippen LogP contribution in [0.5, 0.6) is 5.75 Å². The van der Waals surface area contributed by atoms with E-state index >= 15 is 0 Å². The summed E-state index contributed by atoms with van der Waals surface area (Å²) < 4.78 is 0. The second kappa shape index (κ2) is 5.91. The number of aromatic hydroxyl groups is 1. The lowest BCUT2D eigenvalue weighted by atomic mass is 10.3. The fourth-order valence-corrected chi connectivity index (χ4v) is 1.28. The van der Waals surface area contributed by atoms with Gasteiger partial charge < -0.3 is 20.9 Å². The first-order valence-electron chi connectivity index (χ1n) is 4.26. The monoisotopic (exact) mass is 265 g/mol. The molecule has 0 saturated heterocycles. The molecule has 1 aromatic carbocycles. The molecular weight excluding hydrogens is 253 g/mol. The molecule has 2 rings (SSSR count). The highest BCUT2D eigenvalue weighted by Crippen LogP contribution is 2.19. The van der Waals surface area contributed by atoms with E-state index in [0.717, 1.165) is 5.52 Å². The standard InChI is InChI=1S/C9H11N3O2.2ClH/c10-6(4-13)9-11-7-2-1-5(14)3-8(7)12-9;;/h1-3,6,13-14H,4,10H2,(H,11,12);2*1H. The zero-order valence-electron chi connectivity index (χ0n) is 8.25. The molecule has 1 aromatic heterocycles. The number of aromatic amines is 1. The molecule has 0 aliphatic heterocycles. The molecule has 7 heteroatoms. The van der Waals surface area contributed by atoms with Crippen LogP contribution in [0.15, 0.2) is 18.2 Å². The van der Waals surface area contributed by atoms with E-state index < -0.39 is 6.04 Å². The molecule has 0 saturated carbocycles. The lowest BCUT2D eigenvalue weighted by molar-refractivity contribution is 0.264. The van der Waals surface area contributed by atoms with Gasteiger partial charge in [0.2, 0.25) is 0 Å². The minimum Gasteiger partial charge on any atom is -0.508 e. The van der Waals surface area contributed by atoms with Gasteiger partial charge in [0.15, 0.2) is 0 Å². The van der Waals surface area contributed by atoms with Crippen LogP contribution in [-0.2, 0) is 0 Å². The lowest BCUT2D eigenvalue weighted by Crippen LogP contribution is -2.15. The number of imidazole rings is 1. The largest absolute Gasteiger partial charge is 0.508 e. The number of nitrogens with zero attached hydrogens (tertiary/aromatic N) is 1. The van der Waals surface area contributed by atoms with Crippen molar-refractivity contribution >= 4 is 35.8 Å². The molecule has 2 aromatic rings. The smallest absolute Gasteiger partial charge is 0.126 e. The number of hydrogen-bond donors (Lipinski definition) is 4. The van der Waals surface area contributed by atoms with Crippen molar-refractivity contribution in [3.8, 4) is 5.75 Å². The number of aliphatic hydroxyl groups excluding tert-OH is 1. The lowest BCUT2D eigenvalue weighted by Gasteiger charge is -2.01. The summed E-state index contributed by atoms with van der Waals surface area (Å²) >= 11 is 0. The van der Waals surface area contributed by atoms with Gasteiger partial charge in [-0.15, -0.1) is 24.8 Å². The number of halogens is 2. The van der Waals surface area contributed by atoms with Crippen molar-refractivity contribution in [2.75, 3.05) is 6.61 Å². The second-order valence-corrected chi connectivity index (χ2v) is 3.11. The van der Waals surface area contributed by atoms with E-state index in [1.807, 2.05) is 0 Å². The third-order valence-corrected chi connectivity index (χ3v) is 2.03. The number of phenols is 1. The van der Waals surface area contributed by atoms with Crippen molar-refractivity contribution in [3.05, 3.63) is 24.0 Å². The Bertz CT molecular complexity index is 461. The third-order valence-electron chi connectivity index (χ3n) is 2.03. The molecule has 1 unspecified atom stereocenters. The maximum absolute atomic E-state index is 9.21. The van der Waals surface area contributed by atoms with Crippen LogP contribution in [0, 0.1) is 0 Å².